The van der Waals surface area contributed by atoms with Crippen LogP contribution in [0, 0.1) is 6.92 Å². The predicted octanol–water partition coefficient (Wildman–Crippen LogP) is 2.82. The summed E-state index contributed by atoms with van der Waals surface area (Å²) in [5.41, 5.74) is 6.35. The van der Waals surface area contributed by atoms with Gasteiger partial charge in [-0.25, -0.2) is 0 Å². The Morgan fingerprint density at radius 3 is 2.50 bits per heavy atom. The molecule has 104 valence electrons. The summed E-state index contributed by atoms with van der Waals surface area (Å²) in [6.45, 7) is 3.58. The SMILES string of the molecule is CCCN(Cc1cc(C)c(CN)o1)CC(F)(F)F. The van der Waals surface area contributed by atoms with E-state index in [0.717, 1.165) is 5.56 Å². The molecule has 0 atom stereocenters. The predicted molar refractivity (Wildman–Crippen MR) is 63.0 cm³/mol. The van der Waals surface area contributed by atoms with E-state index in [9.17, 15) is 13.2 Å². The standard InChI is InChI=1S/C12H19F3N2O/c1-3-4-17(8-12(13,14)15)7-10-5-9(2)11(6-16)18-10/h5H,3-4,6-8,16H2,1-2H3. The Kier molecular flexibility index (Phi) is 5.22. The molecule has 0 aromatic carbocycles. The molecule has 0 aliphatic heterocycles. The molecule has 0 unspecified atom stereocenters. The molecule has 1 rings (SSSR count). The maximum absolute atomic E-state index is 12.4. The molecule has 0 bridgehead atoms. The minimum Gasteiger partial charge on any atom is -0.463 e. The van der Waals surface area contributed by atoms with E-state index < -0.39 is 12.7 Å². The molecule has 3 nitrogen and oxygen atoms in total. The Bertz CT molecular complexity index is 374. The topological polar surface area (TPSA) is 42.4 Å². The number of nitrogens with zero attached hydrogens (tertiary/aromatic N) is 1. The quantitative estimate of drug-likeness (QED) is 0.859. The van der Waals surface area contributed by atoms with Crippen LogP contribution in [0.2, 0.25) is 0 Å². The van der Waals surface area contributed by atoms with Gasteiger partial charge in [0.05, 0.1) is 19.6 Å². The Labute approximate surface area is 105 Å². The van der Waals surface area contributed by atoms with E-state index in [2.05, 4.69) is 0 Å². The number of halogens is 3. The highest BCUT2D eigenvalue weighted by Crippen LogP contribution is 2.20. The second-order valence-electron chi connectivity index (χ2n) is 4.35. The minimum absolute atomic E-state index is 0.161. The van der Waals surface area contributed by atoms with Gasteiger partial charge in [-0.05, 0) is 31.5 Å². The van der Waals surface area contributed by atoms with E-state index in [1.807, 2.05) is 13.8 Å². The van der Waals surface area contributed by atoms with Crippen LogP contribution in [0.5, 0.6) is 0 Å². The molecule has 6 heteroatoms. The summed E-state index contributed by atoms with van der Waals surface area (Å²) in [6, 6.07) is 1.75. The van der Waals surface area contributed by atoms with Crippen molar-refractivity contribution in [3.8, 4) is 0 Å². The first-order valence-corrected chi connectivity index (χ1v) is 5.93. The molecule has 1 aromatic rings. The van der Waals surface area contributed by atoms with Gasteiger partial charge in [-0.1, -0.05) is 6.92 Å². The zero-order chi connectivity index (χ0) is 13.8. The van der Waals surface area contributed by atoms with Crippen molar-refractivity contribution in [2.24, 2.45) is 5.73 Å². The van der Waals surface area contributed by atoms with Gasteiger partial charge >= 0.3 is 6.18 Å². The van der Waals surface area contributed by atoms with Gasteiger partial charge < -0.3 is 10.2 Å². The normalized spacial score (nSPS) is 12.4. The van der Waals surface area contributed by atoms with E-state index in [4.69, 9.17) is 10.2 Å². The van der Waals surface area contributed by atoms with Gasteiger partial charge in [-0.15, -0.1) is 0 Å². The molecule has 18 heavy (non-hydrogen) atoms. The molecule has 0 fully saturated rings. The molecule has 0 saturated carbocycles. The lowest BCUT2D eigenvalue weighted by molar-refractivity contribution is -0.147. The first-order valence-electron chi connectivity index (χ1n) is 5.93. The third-order valence-electron chi connectivity index (χ3n) is 2.58. The molecular formula is C12H19F3N2O. The van der Waals surface area contributed by atoms with Gasteiger partial charge in [0.25, 0.3) is 0 Å². The van der Waals surface area contributed by atoms with Crippen molar-refractivity contribution in [2.45, 2.75) is 39.5 Å². The number of alkyl halides is 3. The number of rotatable bonds is 6. The minimum atomic E-state index is -4.19. The number of furan rings is 1. The monoisotopic (exact) mass is 264 g/mol. The van der Waals surface area contributed by atoms with E-state index in [1.165, 1.54) is 4.90 Å². The Balaban J connectivity index is 2.70. The summed E-state index contributed by atoms with van der Waals surface area (Å²) in [5.74, 6) is 1.17. The van der Waals surface area contributed by atoms with Crippen molar-refractivity contribution in [3.05, 3.63) is 23.2 Å². The summed E-state index contributed by atoms with van der Waals surface area (Å²) in [4.78, 5) is 1.33. The maximum Gasteiger partial charge on any atom is 0.401 e. The third kappa shape index (κ3) is 4.70. The molecule has 0 radical (unpaired) electrons. The van der Waals surface area contributed by atoms with Crippen LogP contribution in [0.25, 0.3) is 0 Å². The Morgan fingerprint density at radius 1 is 1.39 bits per heavy atom. The largest absolute Gasteiger partial charge is 0.463 e. The van der Waals surface area contributed by atoms with Gasteiger partial charge in [-0.3, -0.25) is 4.90 Å². The van der Waals surface area contributed by atoms with Gasteiger partial charge in [0.1, 0.15) is 11.5 Å². The van der Waals surface area contributed by atoms with Gasteiger partial charge in [0, 0.05) is 0 Å². The smallest absolute Gasteiger partial charge is 0.401 e. The lowest BCUT2D eigenvalue weighted by atomic mass is 10.2. The first kappa shape index (κ1) is 15.0. The van der Waals surface area contributed by atoms with Crippen molar-refractivity contribution in [1.82, 2.24) is 4.90 Å². The average molecular weight is 264 g/mol. The van der Waals surface area contributed by atoms with Crippen LogP contribution in [0.15, 0.2) is 10.5 Å². The molecular weight excluding hydrogens is 245 g/mol. The Morgan fingerprint density at radius 2 is 2.06 bits per heavy atom. The van der Waals surface area contributed by atoms with E-state index in [0.29, 0.717) is 24.5 Å². The van der Waals surface area contributed by atoms with E-state index in [-0.39, 0.29) is 13.1 Å². The number of nitrogens with two attached hydrogens (primary N) is 1. The van der Waals surface area contributed by atoms with Crippen molar-refractivity contribution in [3.63, 3.8) is 0 Å². The van der Waals surface area contributed by atoms with Crippen LogP contribution in [0.4, 0.5) is 13.2 Å². The molecule has 2 N–H and O–H groups in total. The van der Waals surface area contributed by atoms with Crippen molar-refractivity contribution >= 4 is 0 Å². The van der Waals surface area contributed by atoms with Gasteiger partial charge in [0.15, 0.2) is 0 Å². The van der Waals surface area contributed by atoms with Crippen LogP contribution in [-0.2, 0) is 13.1 Å². The van der Waals surface area contributed by atoms with Crippen LogP contribution in [0.3, 0.4) is 0 Å². The third-order valence-corrected chi connectivity index (χ3v) is 2.58. The maximum atomic E-state index is 12.4. The summed E-state index contributed by atoms with van der Waals surface area (Å²) in [6.07, 6.45) is -3.52. The highest BCUT2D eigenvalue weighted by Gasteiger charge is 2.30. The molecule has 0 aliphatic rings. The Hall–Kier alpha value is -1.01. The fourth-order valence-corrected chi connectivity index (χ4v) is 1.87. The second kappa shape index (κ2) is 6.24. The zero-order valence-corrected chi connectivity index (χ0v) is 10.7. The van der Waals surface area contributed by atoms with Crippen molar-refractivity contribution in [1.29, 1.82) is 0 Å². The second-order valence-corrected chi connectivity index (χ2v) is 4.35. The summed E-state index contributed by atoms with van der Waals surface area (Å²) in [7, 11) is 0. The molecule has 1 aromatic heterocycles. The van der Waals surface area contributed by atoms with Gasteiger partial charge in [-0.2, -0.15) is 13.2 Å². The van der Waals surface area contributed by atoms with Crippen LogP contribution in [0.1, 0.15) is 30.4 Å². The fourth-order valence-electron chi connectivity index (χ4n) is 1.87. The van der Waals surface area contributed by atoms with Crippen LogP contribution >= 0.6 is 0 Å². The molecule has 0 saturated heterocycles. The average Bonchev–Trinajstić information content (AvgIpc) is 2.56. The lowest BCUT2D eigenvalue weighted by Gasteiger charge is -2.21. The highest BCUT2D eigenvalue weighted by atomic mass is 19.4. The van der Waals surface area contributed by atoms with E-state index in [1.54, 1.807) is 6.07 Å². The van der Waals surface area contributed by atoms with E-state index >= 15 is 0 Å². The summed E-state index contributed by atoms with van der Waals surface area (Å²) < 4.78 is 42.6. The first-order chi connectivity index (χ1) is 8.35. The molecule has 0 aliphatic carbocycles. The fraction of sp³-hybridized carbons (Fsp3) is 0.667. The van der Waals surface area contributed by atoms with Crippen LogP contribution in [-0.4, -0.2) is 24.2 Å². The summed E-state index contributed by atoms with van der Waals surface area (Å²) >= 11 is 0. The van der Waals surface area contributed by atoms with Crippen molar-refractivity contribution in [2.75, 3.05) is 13.1 Å². The number of hydrogen-bond donors (Lipinski definition) is 1. The number of hydrogen-bond acceptors (Lipinski definition) is 3. The highest BCUT2D eigenvalue weighted by molar-refractivity contribution is 5.19. The number of aryl methyl sites for hydroxylation is 1. The zero-order valence-electron chi connectivity index (χ0n) is 10.7. The lowest BCUT2D eigenvalue weighted by Crippen LogP contribution is -2.34. The molecule has 0 spiro atoms. The van der Waals surface area contributed by atoms with Crippen LogP contribution < -0.4 is 5.73 Å². The van der Waals surface area contributed by atoms with Crippen molar-refractivity contribution < 1.29 is 17.6 Å². The van der Waals surface area contributed by atoms with Gasteiger partial charge in [0.2, 0.25) is 0 Å². The molecule has 0 amide bonds. The molecule has 1 heterocycles. The summed E-state index contributed by atoms with van der Waals surface area (Å²) in [5, 5.41) is 0.